The summed E-state index contributed by atoms with van der Waals surface area (Å²) in [6, 6.07) is 12.7. The second-order valence-electron chi connectivity index (χ2n) is 6.79. The summed E-state index contributed by atoms with van der Waals surface area (Å²) in [7, 11) is 3.16. The minimum atomic E-state index is -0.270. The van der Waals surface area contributed by atoms with Crippen LogP contribution in [0, 0.1) is 0 Å². The van der Waals surface area contributed by atoms with Crippen LogP contribution in [0.5, 0.6) is 17.2 Å². The second kappa shape index (κ2) is 10.1. The molecule has 2 aromatic carbocycles. The minimum Gasteiger partial charge on any atom is -0.497 e. The molecule has 1 heterocycles. The fourth-order valence-electron chi connectivity index (χ4n) is 3.24. The van der Waals surface area contributed by atoms with E-state index in [1.165, 1.54) is 19.3 Å². The molecule has 0 aromatic heterocycles. The smallest absolute Gasteiger partial charge is 0.262 e. The number of nitrogens with one attached hydrogen (secondary N) is 1. The molecule has 29 heavy (non-hydrogen) atoms. The number of ether oxygens (including phenoxy) is 3. The van der Waals surface area contributed by atoms with Crippen LogP contribution in [-0.2, 0) is 4.79 Å². The number of nitrogens with zero attached hydrogens (tertiary/aromatic N) is 1. The molecule has 0 bridgehead atoms. The highest BCUT2D eigenvalue weighted by Gasteiger charge is 2.17. The Labute approximate surface area is 176 Å². The van der Waals surface area contributed by atoms with E-state index in [4.69, 9.17) is 26.4 Å². The van der Waals surface area contributed by atoms with Gasteiger partial charge in [-0.15, -0.1) is 0 Å². The summed E-state index contributed by atoms with van der Waals surface area (Å²) in [5, 5.41) is 2.78. The molecule has 154 valence electrons. The molecule has 0 aliphatic carbocycles. The molecule has 7 heteroatoms. The van der Waals surface area contributed by atoms with E-state index in [9.17, 15) is 4.79 Å². The van der Waals surface area contributed by atoms with E-state index in [2.05, 4.69) is 10.2 Å². The predicted octanol–water partition coefficient (Wildman–Crippen LogP) is 3.88. The standard InChI is InChI=1S/C22H26N2O4S/c1-26-18-8-6-7-17(14-18)23-21(25)15-28-19-10-9-16(13-20(19)27-2)22(29)24-11-4-3-5-12-24/h6-10,13-14H,3-5,11-12,15H2,1-2H3,(H,23,25). The van der Waals surface area contributed by atoms with Crippen molar-refractivity contribution in [2.24, 2.45) is 0 Å². The van der Waals surface area contributed by atoms with Crippen molar-refractivity contribution in [3.63, 3.8) is 0 Å². The van der Waals surface area contributed by atoms with Gasteiger partial charge in [0.25, 0.3) is 5.91 Å². The molecule has 3 rings (SSSR count). The van der Waals surface area contributed by atoms with Crippen molar-refractivity contribution in [3.05, 3.63) is 48.0 Å². The molecule has 2 aromatic rings. The molecule has 1 aliphatic heterocycles. The molecule has 1 amide bonds. The van der Waals surface area contributed by atoms with Gasteiger partial charge in [0.15, 0.2) is 18.1 Å². The Balaban J connectivity index is 1.61. The highest BCUT2D eigenvalue weighted by molar-refractivity contribution is 7.80. The lowest BCUT2D eigenvalue weighted by Crippen LogP contribution is -2.34. The third-order valence-corrected chi connectivity index (χ3v) is 5.26. The number of thiocarbonyl (C=S) groups is 1. The lowest BCUT2D eigenvalue weighted by atomic mass is 10.1. The van der Waals surface area contributed by atoms with Crippen LogP contribution >= 0.6 is 12.2 Å². The van der Waals surface area contributed by atoms with Crippen LogP contribution in [-0.4, -0.2) is 49.7 Å². The first-order chi connectivity index (χ1) is 14.1. The average Bonchev–Trinajstić information content (AvgIpc) is 2.77. The van der Waals surface area contributed by atoms with Crippen LogP contribution in [0.1, 0.15) is 24.8 Å². The lowest BCUT2D eigenvalue weighted by molar-refractivity contribution is -0.118. The van der Waals surface area contributed by atoms with Gasteiger partial charge in [0.1, 0.15) is 10.7 Å². The zero-order valence-corrected chi connectivity index (χ0v) is 17.6. The number of hydrogen-bond acceptors (Lipinski definition) is 5. The Bertz CT molecular complexity index is 866. The number of rotatable bonds is 7. The first-order valence-electron chi connectivity index (χ1n) is 9.64. The molecular weight excluding hydrogens is 388 g/mol. The molecule has 0 atom stereocenters. The van der Waals surface area contributed by atoms with Crippen LogP contribution in [0.4, 0.5) is 5.69 Å². The molecule has 0 saturated carbocycles. The van der Waals surface area contributed by atoms with Gasteiger partial charge < -0.3 is 24.4 Å². The second-order valence-corrected chi connectivity index (χ2v) is 7.17. The average molecular weight is 415 g/mol. The van der Waals surface area contributed by atoms with Crippen LogP contribution in [0.25, 0.3) is 0 Å². The topological polar surface area (TPSA) is 60.0 Å². The third kappa shape index (κ3) is 5.60. The number of methoxy groups -OCH3 is 2. The summed E-state index contributed by atoms with van der Waals surface area (Å²) in [5.74, 6) is 1.45. The van der Waals surface area contributed by atoms with Crippen molar-refractivity contribution in [2.45, 2.75) is 19.3 Å². The van der Waals surface area contributed by atoms with Crippen LogP contribution < -0.4 is 19.5 Å². The van der Waals surface area contributed by atoms with Gasteiger partial charge in [-0.3, -0.25) is 4.79 Å². The number of carbonyl (C=O) groups excluding carboxylic acids is 1. The molecule has 1 fully saturated rings. The van der Waals surface area contributed by atoms with Gasteiger partial charge in [0.05, 0.1) is 14.2 Å². The predicted molar refractivity (Wildman–Crippen MR) is 117 cm³/mol. The van der Waals surface area contributed by atoms with Gasteiger partial charge in [-0.25, -0.2) is 0 Å². The number of anilines is 1. The Morgan fingerprint density at radius 1 is 1.03 bits per heavy atom. The molecular formula is C22H26N2O4S. The lowest BCUT2D eigenvalue weighted by Gasteiger charge is -2.29. The summed E-state index contributed by atoms with van der Waals surface area (Å²) in [6.45, 7) is 1.84. The maximum atomic E-state index is 12.2. The zero-order chi connectivity index (χ0) is 20.6. The summed E-state index contributed by atoms with van der Waals surface area (Å²) >= 11 is 5.65. The molecule has 0 spiro atoms. The van der Waals surface area contributed by atoms with E-state index in [1.807, 2.05) is 24.3 Å². The number of piperidine rings is 1. The van der Waals surface area contributed by atoms with Crippen molar-refractivity contribution in [1.29, 1.82) is 0 Å². The van der Waals surface area contributed by atoms with Gasteiger partial charge >= 0.3 is 0 Å². The van der Waals surface area contributed by atoms with E-state index in [0.717, 1.165) is 23.6 Å². The molecule has 0 radical (unpaired) electrons. The first-order valence-corrected chi connectivity index (χ1v) is 10.1. The molecule has 1 aliphatic rings. The van der Waals surface area contributed by atoms with Gasteiger partial charge in [-0.2, -0.15) is 0 Å². The van der Waals surface area contributed by atoms with Crippen molar-refractivity contribution in [1.82, 2.24) is 4.90 Å². The highest BCUT2D eigenvalue weighted by Crippen LogP contribution is 2.29. The van der Waals surface area contributed by atoms with Crippen molar-refractivity contribution in [3.8, 4) is 17.2 Å². The Hall–Kier alpha value is -2.80. The van der Waals surface area contributed by atoms with Crippen molar-refractivity contribution < 1.29 is 19.0 Å². The Kier molecular flexibility index (Phi) is 7.30. The monoisotopic (exact) mass is 414 g/mol. The number of likely N-dealkylation sites (tertiary alicyclic amines) is 1. The number of hydrogen-bond donors (Lipinski definition) is 1. The minimum absolute atomic E-state index is 0.135. The van der Waals surface area contributed by atoms with E-state index < -0.39 is 0 Å². The third-order valence-electron chi connectivity index (χ3n) is 4.77. The number of carbonyl (C=O) groups is 1. The highest BCUT2D eigenvalue weighted by atomic mass is 32.1. The van der Waals surface area contributed by atoms with Gasteiger partial charge in [-0.05, 0) is 49.6 Å². The van der Waals surface area contributed by atoms with Crippen molar-refractivity contribution in [2.75, 3.05) is 39.2 Å². The quantitative estimate of drug-likeness (QED) is 0.694. The Morgan fingerprint density at radius 3 is 2.55 bits per heavy atom. The fraction of sp³-hybridized carbons (Fsp3) is 0.364. The van der Waals surface area contributed by atoms with E-state index in [-0.39, 0.29) is 12.5 Å². The Morgan fingerprint density at radius 2 is 1.83 bits per heavy atom. The maximum Gasteiger partial charge on any atom is 0.262 e. The maximum absolute atomic E-state index is 12.2. The summed E-state index contributed by atoms with van der Waals surface area (Å²) in [5.41, 5.74) is 1.57. The SMILES string of the molecule is COc1cccc(NC(=O)COc2ccc(C(=S)N3CCCCC3)cc2OC)c1. The molecule has 6 nitrogen and oxygen atoms in total. The number of benzene rings is 2. The van der Waals surface area contributed by atoms with Gasteiger partial charge in [-0.1, -0.05) is 18.3 Å². The number of amides is 1. The van der Waals surface area contributed by atoms with E-state index in [1.54, 1.807) is 32.4 Å². The fourth-order valence-corrected chi connectivity index (χ4v) is 3.55. The molecule has 0 unspecified atom stereocenters. The van der Waals surface area contributed by atoms with Crippen LogP contribution in [0.3, 0.4) is 0 Å². The summed E-state index contributed by atoms with van der Waals surface area (Å²) in [6.07, 6.45) is 3.59. The van der Waals surface area contributed by atoms with E-state index >= 15 is 0 Å². The van der Waals surface area contributed by atoms with Gasteiger partial charge in [0, 0.05) is 30.4 Å². The largest absolute Gasteiger partial charge is 0.497 e. The van der Waals surface area contributed by atoms with Crippen molar-refractivity contribution >= 4 is 28.8 Å². The molecule has 1 N–H and O–H groups in total. The van der Waals surface area contributed by atoms with E-state index in [0.29, 0.717) is 22.9 Å². The summed E-state index contributed by atoms with van der Waals surface area (Å²) in [4.78, 5) is 15.3. The first kappa shape index (κ1) is 20.9. The normalized spacial score (nSPS) is 13.5. The van der Waals surface area contributed by atoms with Crippen LogP contribution in [0.15, 0.2) is 42.5 Å². The van der Waals surface area contributed by atoms with Gasteiger partial charge in [0.2, 0.25) is 0 Å². The van der Waals surface area contributed by atoms with Crippen LogP contribution in [0.2, 0.25) is 0 Å². The summed E-state index contributed by atoms with van der Waals surface area (Å²) < 4.78 is 16.3. The zero-order valence-electron chi connectivity index (χ0n) is 16.8. The molecule has 1 saturated heterocycles.